The molecule has 5 heterocycles. The third kappa shape index (κ3) is 47.2. The van der Waals surface area contributed by atoms with E-state index in [9.17, 15) is 98.7 Å². The van der Waals surface area contributed by atoms with Crippen LogP contribution in [0.25, 0.3) is 9.69 Å². The molecular weight excluding hydrogens is 1840 g/mol. The molecular formula is C85H148N12O37P2. The van der Waals surface area contributed by atoms with Gasteiger partial charge in [0.2, 0.25) is 72.2 Å². The van der Waals surface area contributed by atoms with Crippen LogP contribution >= 0.6 is 17.2 Å². The number of likely N-dealkylation sites (tertiary alicyclic amines) is 1. The molecule has 19 N–H and O–H groups in total. The fourth-order valence-corrected chi connectivity index (χ4v) is 16.9. The van der Waals surface area contributed by atoms with Gasteiger partial charge in [-0.2, -0.15) is 0 Å². The topological polar surface area (TPSA) is 658 Å². The van der Waals surface area contributed by atoms with E-state index < -0.39 is 233 Å². The zero-order valence-corrected chi connectivity index (χ0v) is 80.7. The molecule has 5 fully saturated rings. The van der Waals surface area contributed by atoms with Gasteiger partial charge in [-0.1, -0.05) is 6.92 Å². The fourth-order valence-electron chi connectivity index (χ4n) is 14.8. The summed E-state index contributed by atoms with van der Waals surface area (Å²) in [5.74, 6) is -5.48. The second kappa shape index (κ2) is 69.9. The van der Waals surface area contributed by atoms with E-state index in [1.807, 2.05) is 6.92 Å². The second-order valence-corrected chi connectivity index (χ2v) is 35.5. The molecule has 0 spiro atoms. The number of Topliss-reactive ketones (excluding diaryl/α,β-unsaturated/α-hetero) is 1. The predicted molar refractivity (Wildman–Crippen MR) is 479 cm³/mol. The normalized spacial score (nSPS) is 26.2. The Morgan fingerprint density at radius 3 is 1.27 bits per heavy atom. The second-order valence-electron chi connectivity index (χ2n) is 33.1. The molecule has 0 saturated carbocycles. The lowest BCUT2D eigenvalue weighted by Gasteiger charge is -2.43. The highest BCUT2D eigenvalue weighted by Crippen LogP contribution is 2.47. The maximum Gasteiger partial charge on any atom is 0.333 e. The minimum absolute atomic E-state index is 0.0434. The van der Waals surface area contributed by atoms with Crippen LogP contribution in [-0.2, 0) is 127 Å². The number of unbranched alkanes of at least 4 members (excludes halogenated alkanes) is 4. The van der Waals surface area contributed by atoms with Crippen molar-refractivity contribution in [2.75, 3.05) is 172 Å². The molecule has 51 heteroatoms. The zero-order valence-electron chi connectivity index (χ0n) is 78.9. The van der Waals surface area contributed by atoms with Crippen LogP contribution < -0.4 is 47.9 Å². The monoisotopic (exact) mass is 1990 g/mol. The van der Waals surface area contributed by atoms with E-state index in [0.29, 0.717) is 70.6 Å². The average Bonchev–Trinajstić information content (AvgIpc) is 1.06. The molecule has 10 unspecified atom stereocenters. The maximum atomic E-state index is 14.6. The molecule has 0 aromatic rings. The first-order valence-electron chi connectivity index (χ1n) is 46.1. The maximum absolute atomic E-state index is 14.6. The summed E-state index contributed by atoms with van der Waals surface area (Å²) in [6.07, 6.45) is -12.3. The third-order valence-corrected chi connectivity index (χ3v) is 24.3. The molecule has 0 bridgehead atoms. The first-order valence-corrected chi connectivity index (χ1v) is 48.3. The molecule has 5 rings (SSSR count). The molecule has 10 amide bonds. The summed E-state index contributed by atoms with van der Waals surface area (Å²) in [6.45, 7) is 18.2. The van der Waals surface area contributed by atoms with Crippen LogP contribution in [-0.4, -0.2) is 415 Å². The third-order valence-electron chi connectivity index (χ3n) is 21.9. The van der Waals surface area contributed by atoms with Crippen molar-refractivity contribution < 1.29 is 178 Å². The van der Waals surface area contributed by atoms with Gasteiger partial charge in [-0.25, -0.2) is 13.1 Å². The summed E-state index contributed by atoms with van der Waals surface area (Å²) < 4.78 is 94.3. The Labute approximate surface area is 795 Å². The smallest absolute Gasteiger partial charge is 0.333 e. The van der Waals surface area contributed by atoms with Crippen LogP contribution in [0.4, 0.5) is 0 Å². The Kier molecular flexibility index (Phi) is 62.5. The number of carbonyl (C=O) groups is 11. The standard InChI is InChI=1S/C84H144N12O36P2.CH4O/c1-53-41-61(132-133(117-8)124-39-31-85-6)65(127-53)49-126-134(125-40-32-86-7)131-60-42-58(45-97)96(44-60)72(111)43-71(110)95-84(50-118-36-23-68(107)87-26-13-9-19-59(104)20-10-14-33-122-82-74(93-56(4)102)79(115)77(113)63(47-99)129-82,51-119-37-24-69(108)90-29-17-27-88-66(105)21-11-15-34-121-81-73(92-55(3)101)54(2)76(112)62(46-98)128-81)52-120-38-25-70(109)91-30-18-28-89-67(106)22-12-16-35-123-83-75(94-57(5)103)80(116)78(114)64(48-100)130-83;1-2/h53-54,58,60-65,73-83,97-100,112-116H,9-52H2,1-5,8H3,(H,87,107)(H,88,105)(H,89,106)(H,90,108)(H,91,109)(H,92,101)(H,93,102)(H,94,103)(H,95,110);2H,1H3/t53-,54+,58-,60+,61?,62?,63?,64?,65+,73?,74?,75?,76+,77-,78-,79+,80+,81+,82+,83+,84?,133?,134?;/m0./s1. The van der Waals surface area contributed by atoms with Gasteiger partial charge in [0.15, 0.2) is 18.9 Å². The number of rotatable bonds is 70. The number of hydrogen-bond acceptors (Lipinski definition) is 37. The van der Waals surface area contributed by atoms with Gasteiger partial charge in [-0.15, -0.1) is 0 Å². The summed E-state index contributed by atoms with van der Waals surface area (Å²) in [5, 5.41) is 123. The van der Waals surface area contributed by atoms with E-state index in [1.165, 1.54) is 32.8 Å². The average molecular weight is 1990 g/mol. The molecule has 49 nitrogen and oxygen atoms in total. The summed E-state index contributed by atoms with van der Waals surface area (Å²) in [5.41, 5.74) is -1.74. The molecule has 780 valence electrons. The van der Waals surface area contributed by atoms with Crippen LogP contribution in [0.15, 0.2) is 0 Å². The van der Waals surface area contributed by atoms with E-state index in [1.54, 1.807) is 6.92 Å². The molecule has 0 aromatic heterocycles. The van der Waals surface area contributed by atoms with E-state index in [4.69, 9.17) is 92.8 Å². The lowest BCUT2D eigenvalue weighted by Crippen LogP contribution is -2.64. The number of aliphatic hydroxyl groups is 10. The molecule has 136 heavy (non-hydrogen) atoms. The van der Waals surface area contributed by atoms with Crippen molar-refractivity contribution in [1.29, 1.82) is 0 Å². The van der Waals surface area contributed by atoms with Gasteiger partial charge < -0.3 is 188 Å². The van der Waals surface area contributed by atoms with Gasteiger partial charge in [-0.3, -0.25) is 52.7 Å². The minimum atomic E-state index is -2.25. The minimum Gasteiger partial charge on any atom is -0.400 e. The van der Waals surface area contributed by atoms with Gasteiger partial charge in [0.1, 0.15) is 91.9 Å². The van der Waals surface area contributed by atoms with E-state index in [2.05, 4.69) is 57.5 Å². The van der Waals surface area contributed by atoms with Gasteiger partial charge >= 0.3 is 17.2 Å². The quantitative estimate of drug-likeness (QED) is 0.0121. The SMILES string of the molecule is CO.[C-]#[N+]CCOP(OC)OC1C[C@H](C)O[C@@H]1COP(OCC[N+]#[C-])O[C@@H]1C[C@@H](CO)N(C(=O)CC(=O)NC(COCCC(=O)NCCCCC(=O)CCCCO[C@@H]2OC(CO)[C@H](O)[C@H](O)C2NC(C)=O)(COCCC(=O)NCCCNC(=O)CCCCO[C@@H]2OC(CO)[C@H](O)[C@H](C)C2NC(C)=O)COCCC(=O)NCCCNC(=O)CCCCO[C@@H]2OC(CO)[C@H](O)[C@H](O)C2NC(C)=O)C1. The summed E-state index contributed by atoms with van der Waals surface area (Å²) >= 11 is 0. The highest BCUT2D eigenvalue weighted by molar-refractivity contribution is 7.42. The van der Waals surface area contributed by atoms with Gasteiger partial charge in [-0.05, 0) is 77.6 Å². The van der Waals surface area contributed by atoms with Crippen molar-refractivity contribution in [3.63, 3.8) is 0 Å². The molecule has 0 radical (unpaired) electrons. The lowest BCUT2D eigenvalue weighted by molar-refractivity contribution is -0.270. The fraction of sp³-hybridized carbons (Fsp3) is 0.847. The van der Waals surface area contributed by atoms with Gasteiger partial charge in [0.25, 0.3) is 0 Å². The van der Waals surface area contributed by atoms with Gasteiger partial charge in [0.05, 0.1) is 109 Å². The van der Waals surface area contributed by atoms with Crippen LogP contribution in [0.2, 0.25) is 0 Å². The van der Waals surface area contributed by atoms with Crippen molar-refractivity contribution >= 4 is 82.1 Å². The Bertz CT molecular complexity index is 3330. The number of nitrogens with zero attached hydrogens (tertiary/aromatic N) is 3. The molecule has 5 aliphatic heterocycles. The molecule has 5 saturated heterocycles. The number of amides is 10. The highest BCUT2D eigenvalue weighted by Gasteiger charge is 2.49. The summed E-state index contributed by atoms with van der Waals surface area (Å²) in [6, 6.07) is -3.80. The van der Waals surface area contributed by atoms with Crippen molar-refractivity contribution in [3.05, 3.63) is 22.8 Å². The number of hydrogen-bond donors (Lipinski definition) is 19. The van der Waals surface area contributed by atoms with Crippen molar-refractivity contribution in [2.45, 2.75) is 285 Å². The number of carbonyl (C=O) groups excluding carboxylic acids is 11. The molecule has 0 aromatic carbocycles. The molecule has 0 aliphatic carbocycles. The van der Waals surface area contributed by atoms with E-state index in [-0.39, 0.29) is 193 Å². The Morgan fingerprint density at radius 2 is 0.846 bits per heavy atom. The number of ketones is 1. The lowest BCUT2D eigenvalue weighted by atomic mass is 9.89. The van der Waals surface area contributed by atoms with Crippen LogP contribution in [0, 0.1) is 19.1 Å². The number of aliphatic hydroxyl groups excluding tert-OH is 10. The largest absolute Gasteiger partial charge is 0.400 e. The van der Waals surface area contributed by atoms with Crippen LogP contribution in [0.5, 0.6) is 0 Å². The Morgan fingerprint density at radius 1 is 0.441 bits per heavy atom. The Balaban J connectivity index is 0.0000192. The van der Waals surface area contributed by atoms with Crippen molar-refractivity contribution in [1.82, 2.24) is 52.8 Å². The first-order chi connectivity index (χ1) is 65.3. The highest BCUT2D eigenvalue weighted by atomic mass is 31.2. The number of ether oxygens (including phenoxy) is 10. The van der Waals surface area contributed by atoms with Crippen LogP contribution in [0.1, 0.15) is 163 Å². The van der Waals surface area contributed by atoms with Crippen molar-refractivity contribution in [3.8, 4) is 0 Å². The molecule has 5 aliphatic rings. The van der Waals surface area contributed by atoms with E-state index in [0.717, 1.165) is 7.11 Å². The molecule has 23 atom stereocenters. The summed E-state index contributed by atoms with van der Waals surface area (Å²) in [7, 11) is -1.69. The van der Waals surface area contributed by atoms with Crippen molar-refractivity contribution in [2.24, 2.45) is 5.92 Å². The Hall–Kier alpha value is -6.83. The summed E-state index contributed by atoms with van der Waals surface area (Å²) in [4.78, 5) is 151. The number of nitrogens with one attached hydrogen (secondary N) is 9. The zero-order chi connectivity index (χ0) is 100. The van der Waals surface area contributed by atoms with Gasteiger partial charge in [0, 0.05) is 151 Å². The van der Waals surface area contributed by atoms with Crippen LogP contribution in [0.3, 0.4) is 0 Å². The first kappa shape index (κ1) is 121. The van der Waals surface area contributed by atoms with E-state index >= 15 is 0 Å². The predicted octanol–water partition coefficient (Wildman–Crippen LogP) is -3.64.